The average Bonchev–Trinajstić information content (AvgIpc) is 2.81. The van der Waals surface area contributed by atoms with Gasteiger partial charge >= 0.3 is 11.9 Å². The van der Waals surface area contributed by atoms with Crippen LogP contribution in [-0.4, -0.2) is 90.3 Å². The number of ketones is 1. The summed E-state index contributed by atoms with van der Waals surface area (Å²) in [4.78, 5) is 68.2. The second kappa shape index (κ2) is 12.4. The zero-order valence-corrected chi connectivity index (χ0v) is 21.6. The van der Waals surface area contributed by atoms with Gasteiger partial charge in [0, 0.05) is 12.9 Å². The minimum Gasteiger partial charge on any atom is -0.427 e. The molecule has 2 heterocycles. The summed E-state index contributed by atoms with van der Waals surface area (Å²) >= 11 is 6.82. The molecular formula is C21H28ClN3O9S. The first-order chi connectivity index (χ1) is 16.5. The topological polar surface area (TPSA) is 150 Å². The fourth-order valence-electron chi connectivity index (χ4n) is 3.00. The largest absolute Gasteiger partial charge is 0.427 e. The van der Waals surface area contributed by atoms with Gasteiger partial charge in [0.1, 0.15) is 23.7 Å². The molecular weight excluding hydrogens is 506 g/mol. The van der Waals surface area contributed by atoms with Crippen LogP contribution in [0.5, 0.6) is 0 Å². The Labute approximate surface area is 211 Å². The van der Waals surface area contributed by atoms with Crippen LogP contribution in [0.3, 0.4) is 0 Å². The zero-order valence-electron chi connectivity index (χ0n) is 20.0. The summed E-state index contributed by atoms with van der Waals surface area (Å²) in [5, 5.41) is 5.30. The molecule has 35 heavy (non-hydrogen) atoms. The number of hydrogen-bond donors (Lipinski definition) is 1. The van der Waals surface area contributed by atoms with Crippen molar-refractivity contribution < 1.29 is 43.0 Å². The van der Waals surface area contributed by atoms with Crippen molar-refractivity contribution in [1.82, 2.24) is 10.2 Å². The van der Waals surface area contributed by atoms with Crippen molar-refractivity contribution in [3.8, 4) is 0 Å². The van der Waals surface area contributed by atoms with Crippen LogP contribution in [0, 0.1) is 5.41 Å². The quantitative estimate of drug-likeness (QED) is 0.0759. The zero-order chi connectivity index (χ0) is 26.3. The van der Waals surface area contributed by atoms with Gasteiger partial charge in [-0.2, -0.15) is 0 Å². The molecule has 1 fully saturated rings. The van der Waals surface area contributed by atoms with Gasteiger partial charge < -0.3 is 24.4 Å². The predicted molar refractivity (Wildman–Crippen MR) is 125 cm³/mol. The normalized spacial score (nSPS) is 20.0. The number of alkyl halides is 1. The van der Waals surface area contributed by atoms with E-state index in [-0.39, 0.29) is 18.9 Å². The molecule has 1 unspecified atom stereocenters. The first kappa shape index (κ1) is 28.6. The number of β-lactam (4-membered cyclic amide) rings is 1. The van der Waals surface area contributed by atoms with Crippen LogP contribution in [0.1, 0.15) is 27.7 Å². The molecule has 1 saturated heterocycles. The number of carbonyl (C=O) groups excluding carboxylic acids is 5. The van der Waals surface area contributed by atoms with E-state index in [2.05, 4.69) is 10.5 Å². The van der Waals surface area contributed by atoms with Crippen molar-refractivity contribution in [2.75, 3.05) is 38.7 Å². The van der Waals surface area contributed by atoms with Crippen molar-refractivity contribution in [1.29, 1.82) is 0 Å². The molecule has 0 bridgehead atoms. The SMILES string of the molecule is CCON=C(C(=O)CCl)C(=O)NC1C(=O)N2C(C(=O)OCOC(=O)C(C)(C)C)=C(COC)CS[C@@H]12. The Bertz CT molecular complexity index is 945. The Morgan fingerprint density at radius 1 is 1.23 bits per heavy atom. The molecule has 0 aromatic carbocycles. The van der Waals surface area contributed by atoms with E-state index in [9.17, 15) is 24.0 Å². The van der Waals surface area contributed by atoms with Crippen molar-refractivity contribution in [3.63, 3.8) is 0 Å². The highest BCUT2D eigenvalue weighted by Gasteiger charge is 2.54. The van der Waals surface area contributed by atoms with Gasteiger partial charge in [0.25, 0.3) is 11.8 Å². The number of hydrogen-bond acceptors (Lipinski definition) is 11. The molecule has 0 spiro atoms. The number of Topliss-reactive ketones (excluding diaryl/α,β-unsaturated/α-hetero) is 1. The summed E-state index contributed by atoms with van der Waals surface area (Å²) in [6, 6.07) is -1.03. The van der Waals surface area contributed by atoms with E-state index >= 15 is 0 Å². The van der Waals surface area contributed by atoms with Gasteiger partial charge in [-0.25, -0.2) is 4.79 Å². The summed E-state index contributed by atoms with van der Waals surface area (Å²) in [6.07, 6.45) is 0. The number of oxime groups is 1. The highest BCUT2D eigenvalue weighted by molar-refractivity contribution is 8.00. The van der Waals surface area contributed by atoms with E-state index in [1.807, 2.05) is 0 Å². The number of carbonyl (C=O) groups is 5. The summed E-state index contributed by atoms with van der Waals surface area (Å²) in [5.41, 5.74) is -0.897. The van der Waals surface area contributed by atoms with Crippen LogP contribution in [0.25, 0.3) is 0 Å². The van der Waals surface area contributed by atoms with E-state index in [4.69, 9.17) is 30.6 Å². The number of methoxy groups -OCH3 is 1. The maximum Gasteiger partial charge on any atom is 0.358 e. The fraction of sp³-hybridized carbons (Fsp3) is 0.619. The van der Waals surface area contributed by atoms with Crippen molar-refractivity contribution >= 4 is 58.6 Å². The summed E-state index contributed by atoms with van der Waals surface area (Å²) in [5.74, 6) is -3.92. The van der Waals surface area contributed by atoms with E-state index in [1.54, 1.807) is 27.7 Å². The molecule has 2 amide bonds. The Hall–Kier alpha value is -2.64. The lowest BCUT2D eigenvalue weighted by atomic mass is 9.98. The Morgan fingerprint density at radius 2 is 1.91 bits per heavy atom. The number of rotatable bonds is 11. The van der Waals surface area contributed by atoms with Crippen LogP contribution in [0.4, 0.5) is 0 Å². The minimum absolute atomic E-state index is 0.0436. The molecule has 1 N–H and O–H groups in total. The third kappa shape index (κ3) is 6.73. The number of halogens is 1. The molecule has 0 aromatic rings. The number of amides is 2. The number of esters is 2. The lowest BCUT2D eigenvalue weighted by Gasteiger charge is -2.49. The van der Waals surface area contributed by atoms with Crippen molar-refractivity contribution in [2.45, 2.75) is 39.1 Å². The molecule has 0 saturated carbocycles. The first-order valence-electron chi connectivity index (χ1n) is 10.6. The van der Waals surface area contributed by atoms with Crippen molar-refractivity contribution in [2.24, 2.45) is 10.6 Å². The molecule has 2 aliphatic rings. The summed E-state index contributed by atoms with van der Waals surface area (Å²) in [6.45, 7) is 6.11. The number of ether oxygens (including phenoxy) is 3. The average molecular weight is 534 g/mol. The van der Waals surface area contributed by atoms with Crippen molar-refractivity contribution in [3.05, 3.63) is 11.3 Å². The second-order valence-corrected chi connectivity index (χ2v) is 9.76. The standard InChI is InChI=1S/C21H28ClN3O9S/c1-6-34-24-13(12(26)7-22)16(27)23-14-17(28)25-15(11(8-31-5)9-35-18(14)25)19(29)32-10-33-20(30)21(2,3)4/h14,18H,6-10H2,1-5H3,(H,23,27)/t14?,18-/m0/s1. The van der Waals surface area contributed by atoms with Gasteiger partial charge in [-0.1, -0.05) is 5.16 Å². The maximum atomic E-state index is 12.9. The van der Waals surface area contributed by atoms with Gasteiger partial charge in [0.05, 0.1) is 17.9 Å². The molecule has 12 nitrogen and oxygen atoms in total. The van der Waals surface area contributed by atoms with Gasteiger partial charge in [0.2, 0.25) is 18.3 Å². The molecule has 0 aliphatic carbocycles. The molecule has 2 aliphatic heterocycles. The lowest BCUT2D eigenvalue weighted by molar-refractivity contribution is -0.173. The lowest BCUT2D eigenvalue weighted by Crippen LogP contribution is -2.71. The molecule has 0 aromatic heterocycles. The first-order valence-corrected chi connectivity index (χ1v) is 12.2. The van der Waals surface area contributed by atoms with Crippen LogP contribution in [0.2, 0.25) is 0 Å². The van der Waals surface area contributed by atoms with Crippen LogP contribution in [0.15, 0.2) is 16.4 Å². The highest BCUT2D eigenvalue weighted by Crippen LogP contribution is 2.40. The van der Waals surface area contributed by atoms with Gasteiger partial charge in [-0.05, 0) is 33.3 Å². The monoisotopic (exact) mass is 533 g/mol. The number of nitrogens with zero attached hydrogens (tertiary/aromatic N) is 2. The predicted octanol–water partition coefficient (Wildman–Crippen LogP) is 0.577. The van der Waals surface area contributed by atoms with E-state index in [1.165, 1.54) is 23.8 Å². The molecule has 0 radical (unpaired) electrons. The van der Waals surface area contributed by atoms with Crippen LogP contribution < -0.4 is 5.32 Å². The van der Waals surface area contributed by atoms with E-state index in [0.29, 0.717) is 11.3 Å². The van der Waals surface area contributed by atoms with Crippen LogP contribution >= 0.6 is 23.4 Å². The smallest absolute Gasteiger partial charge is 0.358 e. The highest BCUT2D eigenvalue weighted by atomic mass is 35.5. The second-order valence-electron chi connectivity index (χ2n) is 8.39. The molecule has 194 valence electrons. The third-order valence-corrected chi connectivity index (χ3v) is 6.31. The maximum absolute atomic E-state index is 12.9. The Kier molecular flexibility index (Phi) is 10.1. The fourth-order valence-corrected chi connectivity index (χ4v) is 4.45. The van der Waals surface area contributed by atoms with Crippen LogP contribution in [-0.2, 0) is 43.0 Å². The Morgan fingerprint density at radius 3 is 2.49 bits per heavy atom. The van der Waals surface area contributed by atoms with Gasteiger partial charge in [0.15, 0.2) is 0 Å². The molecule has 2 atom stereocenters. The van der Waals surface area contributed by atoms with E-state index in [0.717, 1.165) is 0 Å². The summed E-state index contributed by atoms with van der Waals surface area (Å²) < 4.78 is 15.2. The number of nitrogens with one attached hydrogen (secondary N) is 1. The van der Waals surface area contributed by atoms with Gasteiger partial charge in [-0.3, -0.25) is 24.1 Å². The number of fused-ring (bicyclic) bond motifs is 1. The minimum atomic E-state index is -1.03. The van der Waals surface area contributed by atoms with E-state index < -0.39 is 64.8 Å². The molecule has 14 heteroatoms. The summed E-state index contributed by atoms with van der Waals surface area (Å²) in [7, 11) is 1.44. The third-order valence-electron chi connectivity index (χ3n) is 4.72. The molecule has 2 rings (SSSR count). The number of thioether (sulfide) groups is 1. The Balaban J connectivity index is 2.15. The van der Waals surface area contributed by atoms with Gasteiger partial charge in [-0.15, -0.1) is 23.4 Å².